The zero-order valence-electron chi connectivity index (χ0n) is 15.3. The second-order valence-electron chi connectivity index (χ2n) is 6.79. The molecule has 1 aromatic heterocycles. The van der Waals surface area contributed by atoms with E-state index in [0.29, 0.717) is 31.7 Å². The van der Waals surface area contributed by atoms with E-state index in [9.17, 15) is 13.5 Å². The van der Waals surface area contributed by atoms with Gasteiger partial charge >= 0.3 is 0 Å². The molecule has 1 aliphatic heterocycles. The van der Waals surface area contributed by atoms with Crippen molar-refractivity contribution in [1.82, 2.24) is 4.31 Å². The van der Waals surface area contributed by atoms with Crippen LogP contribution in [0.1, 0.15) is 34.9 Å². The van der Waals surface area contributed by atoms with E-state index in [4.69, 9.17) is 4.74 Å². The molecule has 26 heavy (non-hydrogen) atoms. The molecule has 1 saturated heterocycles. The van der Waals surface area contributed by atoms with E-state index in [-0.39, 0.29) is 10.8 Å². The number of sulfonamides is 1. The van der Waals surface area contributed by atoms with Gasteiger partial charge in [-0.3, -0.25) is 0 Å². The first kappa shape index (κ1) is 19.4. The van der Waals surface area contributed by atoms with Crippen molar-refractivity contribution >= 4 is 21.4 Å². The van der Waals surface area contributed by atoms with Gasteiger partial charge in [-0.2, -0.15) is 4.31 Å². The quantitative estimate of drug-likeness (QED) is 0.841. The molecule has 1 unspecified atom stereocenters. The van der Waals surface area contributed by atoms with Crippen LogP contribution in [0.5, 0.6) is 5.75 Å². The monoisotopic (exact) mass is 395 g/mol. The Bertz CT molecular complexity index is 854. The lowest BCUT2D eigenvalue weighted by Gasteiger charge is -2.33. The number of rotatable bonds is 5. The Kier molecular flexibility index (Phi) is 5.72. The zero-order chi connectivity index (χ0) is 18.9. The van der Waals surface area contributed by atoms with Crippen LogP contribution in [0.25, 0.3) is 0 Å². The van der Waals surface area contributed by atoms with E-state index in [1.54, 1.807) is 12.1 Å². The molecule has 0 aliphatic carbocycles. The van der Waals surface area contributed by atoms with Crippen molar-refractivity contribution in [3.63, 3.8) is 0 Å². The maximum atomic E-state index is 13.1. The van der Waals surface area contributed by atoms with Crippen LogP contribution in [-0.4, -0.2) is 38.0 Å². The van der Waals surface area contributed by atoms with E-state index in [2.05, 4.69) is 0 Å². The molecule has 1 aliphatic rings. The van der Waals surface area contributed by atoms with E-state index in [1.807, 2.05) is 31.4 Å². The molecule has 3 rings (SSSR count). The highest BCUT2D eigenvalue weighted by Crippen LogP contribution is 2.36. The molecule has 1 atom stereocenters. The third-order valence-corrected chi connectivity index (χ3v) is 8.04. The fraction of sp³-hybridized carbons (Fsp3) is 0.474. The van der Waals surface area contributed by atoms with E-state index in [1.165, 1.54) is 22.8 Å². The zero-order valence-corrected chi connectivity index (χ0v) is 16.9. The maximum Gasteiger partial charge on any atom is 0.246 e. The summed E-state index contributed by atoms with van der Waals surface area (Å²) in [5.41, 5.74) is 1.92. The van der Waals surface area contributed by atoms with Crippen molar-refractivity contribution in [1.29, 1.82) is 0 Å². The fourth-order valence-corrected chi connectivity index (χ4v) is 5.88. The third kappa shape index (κ3) is 3.67. The van der Waals surface area contributed by atoms with Crippen LogP contribution in [-0.2, 0) is 10.0 Å². The summed E-state index contributed by atoms with van der Waals surface area (Å²) in [5.74, 6) is 0.468. The molecule has 0 spiro atoms. The predicted molar refractivity (Wildman–Crippen MR) is 103 cm³/mol. The highest BCUT2D eigenvalue weighted by molar-refractivity contribution is 7.89. The van der Waals surface area contributed by atoms with E-state index >= 15 is 0 Å². The van der Waals surface area contributed by atoms with Gasteiger partial charge in [-0.1, -0.05) is 6.07 Å². The lowest BCUT2D eigenvalue weighted by Crippen LogP contribution is -2.39. The summed E-state index contributed by atoms with van der Waals surface area (Å²) in [6.45, 7) is 4.65. The highest BCUT2D eigenvalue weighted by Gasteiger charge is 2.34. The van der Waals surface area contributed by atoms with Gasteiger partial charge in [-0.25, -0.2) is 8.42 Å². The van der Waals surface area contributed by atoms with Gasteiger partial charge in [0.25, 0.3) is 0 Å². The molecule has 1 fully saturated rings. The Morgan fingerprint density at radius 2 is 1.88 bits per heavy atom. The van der Waals surface area contributed by atoms with Crippen molar-refractivity contribution in [2.24, 2.45) is 5.92 Å². The number of aryl methyl sites for hydroxylation is 2. The van der Waals surface area contributed by atoms with Crippen molar-refractivity contribution in [2.75, 3.05) is 20.2 Å². The van der Waals surface area contributed by atoms with Gasteiger partial charge in [0.2, 0.25) is 10.0 Å². The molecule has 0 radical (unpaired) electrons. The first-order chi connectivity index (χ1) is 12.3. The van der Waals surface area contributed by atoms with Crippen molar-refractivity contribution < 1.29 is 18.3 Å². The van der Waals surface area contributed by atoms with Gasteiger partial charge in [0.1, 0.15) is 10.6 Å². The van der Waals surface area contributed by atoms with Gasteiger partial charge in [0.15, 0.2) is 0 Å². The average Bonchev–Trinajstić information content (AvgIpc) is 3.17. The highest BCUT2D eigenvalue weighted by atomic mass is 32.2. The number of aliphatic hydroxyl groups excluding tert-OH is 1. The first-order valence-electron chi connectivity index (χ1n) is 8.71. The molecule has 1 aromatic carbocycles. The number of benzene rings is 1. The summed E-state index contributed by atoms with van der Waals surface area (Å²) in [7, 11) is -2.12. The first-order valence-corrected chi connectivity index (χ1v) is 11.0. The van der Waals surface area contributed by atoms with Crippen molar-refractivity contribution in [2.45, 2.75) is 37.7 Å². The van der Waals surface area contributed by atoms with E-state index in [0.717, 1.165) is 16.0 Å². The summed E-state index contributed by atoms with van der Waals surface area (Å²) < 4.78 is 33.1. The average molecular weight is 396 g/mol. The van der Waals surface area contributed by atoms with Crippen LogP contribution in [0.3, 0.4) is 0 Å². The van der Waals surface area contributed by atoms with Gasteiger partial charge < -0.3 is 9.84 Å². The minimum Gasteiger partial charge on any atom is -0.495 e. The molecule has 0 saturated carbocycles. The molecule has 0 amide bonds. The second kappa shape index (κ2) is 7.68. The molecule has 0 bridgehead atoms. The number of methoxy groups -OCH3 is 1. The minimum absolute atomic E-state index is 0.0850. The summed E-state index contributed by atoms with van der Waals surface area (Å²) in [6.07, 6.45) is 0.771. The Morgan fingerprint density at radius 3 is 2.46 bits per heavy atom. The van der Waals surface area contributed by atoms with Crippen LogP contribution >= 0.6 is 11.3 Å². The Morgan fingerprint density at radius 1 is 1.23 bits per heavy atom. The number of ether oxygens (including phenoxy) is 1. The molecule has 1 N–H and O–H groups in total. The van der Waals surface area contributed by atoms with Gasteiger partial charge in [0, 0.05) is 18.0 Å². The Balaban J connectivity index is 1.77. The third-order valence-electron chi connectivity index (χ3n) is 5.18. The summed E-state index contributed by atoms with van der Waals surface area (Å²) >= 11 is 1.54. The maximum absolute atomic E-state index is 13.1. The largest absolute Gasteiger partial charge is 0.495 e. The Hall–Kier alpha value is -1.41. The molecule has 2 aromatic rings. The number of hydrogen-bond donors (Lipinski definition) is 1. The van der Waals surface area contributed by atoms with Crippen molar-refractivity contribution in [3.05, 3.63) is 45.6 Å². The van der Waals surface area contributed by atoms with Crippen LogP contribution in [0, 0.1) is 19.8 Å². The smallest absolute Gasteiger partial charge is 0.246 e. The van der Waals surface area contributed by atoms with Crippen LogP contribution in [0.2, 0.25) is 0 Å². The molecular formula is C19H25NO4S2. The molecule has 142 valence electrons. The normalized spacial score (nSPS) is 18.0. The number of aliphatic hydroxyl groups is 1. The lowest BCUT2D eigenvalue weighted by atomic mass is 9.91. The topological polar surface area (TPSA) is 66.8 Å². The Labute approximate surface area is 159 Å². The van der Waals surface area contributed by atoms with Gasteiger partial charge in [0.05, 0.1) is 13.2 Å². The predicted octanol–water partition coefficient (Wildman–Crippen LogP) is 3.51. The number of thiophene rings is 1. The SMILES string of the molecule is COc1cc(C)c(C)cc1S(=O)(=O)N1CCC(C(O)c2cccs2)CC1. The second-order valence-corrected chi connectivity index (χ2v) is 9.67. The molecule has 5 nitrogen and oxygen atoms in total. The molecular weight excluding hydrogens is 370 g/mol. The van der Waals surface area contributed by atoms with Crippen LogP contribution in [0.15, 0.2) is 34.5 Å². The number of nitrogens with zero attached hydrogens (tertiary/aromatic N) is 1. The fourth-order valence-electron chi connectivity index (χ4n) is 3.39. The van der Waals surface area contributed by atoms with Crippen LogP contribution < -0.4 is 4.74 Å². The molecule has 2 heterocycles. The van der Waals surface area contributed by atoms with Gasteiger partial charge in [-0.15, -0.1) is 11.3 Å². The number of hydrogen-bond acceptors (Lipinski definition) is 5. The molecule has 7 heteroatoms. The standard InChI is InChI=1S/C19H25NO4S2/c1-13-11-16(24-3)18(12-14(13)2)26(22,23)20-8-6-15(7-9-20)19(21)17-5-4-10-25-17/h4-5,10-12,15,19,21H,6-9H2,1-3H3. The van der Waals surface area contributed by atoms with Crippen LogP contribution in [0.4, 0.5) is 0 Å². The minimum atomic E-state index is -3.62. The van der Waals surface area contributed by atoms with Gasteiger partial charge in [-0.05, 0) is 67.3 Å². The summed E-state index contributed by atoms with van der Waals surface area (Å²) in [5, 5.41) is 12.5. The van der Waals surface area contributed by atoms with E-state index < -0.39 is 16.1 Å². The number of piperidine rings is 1. The summed E-state index contributed by atoms with van der Waals surface area (Å²) in [4.78, 5) is 1.17. The van der Waals surface area contributed by atoms with Crippen molar-refractivity contribution in [3.8, 4) is 5.75 Å². The lowest BCUT2D eigenvalue weighted by molar-refractivity contribution is 0.0788. The summed E-state index contributed by atoms with van der Waals surface area (Å²) in [6, 6.07) is 7.32.